The molecule has 0 bridgehead atoms. The molecule has 16 heavy (non-hydrogen) atoms. The smallest absolute Gasteiger partial charge is 0.338 e. The van der Waals surface area contributed by atoms with Gasteiger partial charge < -0.3 is 9.84 Å². The van der Waals surface area contributed by atoms with Crippen LogP contribution < -0.4 is 4.74 Å². The van der Waals surface area contributed by atoms with Crippen LogP contribution in [0.15, 0.2) is 30.4 Å². The Hall–Kier alpha value is -1.77. The van der Waals surface area contributed by atoms with Gasteiger partial charge in [0.25, 0.3) is 0 Å². The largest absolute Gasteiger partial charge is 0.508 e. The van der Waals surface area contributed by atoms with Crippen molar-refractivity contribution in [2.24, 2.45) is 0 Å². The van der Waals surface area contributed by atoms with Gasteiger partial charge in [0, 0.05) is 5.57 Å². The lowest BCUT2D eigenvalue weighted by molar-refractivity contribution is -0.130. The van der Waals surface area contributed by atoms with Gasteiger partial charge in [-0.3, -0.25) is 0 Å². The highest BCUT2D eigenvalue weighted by Gasteiger charge is 2.10. The minimum Gasteiger partial charge on any atom is -0.508 e. The maximum absolute atomic E-state index is 11.4. The number of hydrogen-bond donors (Lipinski definition) is 1. The zero-order valence-electron chi connectivity index (χ0n) is 9.62. The average Bonchev–Trinajstić information content (AvgIpc) is 2.22. The Morgan fingerprint density at radius 1 is 1.50 bits per heavy atom. The monoisotopic (exact) mass is 220 g/mol. The summed E-state index contributed by atoms with van der Waals surface area (Å²) in [4.78, 5) is 11.4. The predicted molar refractivity (Wildman–Crippen MR) is 62.6 cm³/mol. The van der Waals surface area contributed by atoms with E-state index in [-0.39, 0.29) is 5.75 Å². The molecule has 3 nitrogen and oxygen atoms in total. The summed E-state index contributed by atoms with van der Waals surface area (Å²) < 4.78 is 5.16. The number of esters is 1. The number of carbonyl (C=O) groups excluding carboxylic acids is 1. The van der Waals surface area contributed by atoms with Crippen LogP contribution in [0.2, 0.25) is 0 Å². The van der Waals surface area contributed by atoms with Crippen molar-refractivity contribution in [3.05, 3.63) is 35.9 Å². The van der Waals surface area contributed by atoms with Crippen LogP contribution in [-0.2, 0) is 11.2 Å². The Bertz CT molecular complexity index is 408. The van der Waals surface area contributed by atoms with Gasteiger partial charge in [-0.05, 0) is 37.1 Å². The van der Waals surface area contributed by atoms with Gasteiger partial charge in [0.15, 0.2) is 0 Å². The molecule has 0 fully saturated rings. The maximum atomic E-state index is 11.4. The topological polar surface area (TPSA) is 46.5 Å². The number of phenols is 1. The molecule has 86 valence electrons. The SMILES string of the molecule is C=C(C)C(=O)Oc1ccc(O)cc1CCC. The Labute approximate surface area is 95.4 Å². The highest BCUT2D eigenvalue weighted by Crippen LogP contribution is 2.25. The van der Waals surface area contributed by atoms with Gasteiger partial charge in [-0.25, -0.2) is 4.79 Å². The first-order chi connectivity index (χ1) is 7.54. The van der Waals surface area contributed by atoms with Crippen LogP contribution in [0.5, 0.6) is 11.5 Å². The molecule has 0 aliphatic heterocycles. The summed E-state index contributed by atoms with van der Waals surface area (Å²) in [6, 6.07) is 4.71. The molecule has 0 radical (unpaired) electrons. The molecule has 3 heteroatoms. The number of carbonyl (C=O) groups is 1. The molecule has 0 aliphatic carbocycles. The van der Waals surface area contributed by atoms with Crippen molar-refractivity contribution < 1.29 is 14.6 Å². The fraction of sp³-hybridized carbons (Fsp3) is 0.308. The lowest BCUT2D eigenvalue weighted by Gasteiger charge is -2.09. The molecule has 1 aromatic rings. The maximum Gasteiger partial charge on any atom is 0.338 e. The third kappa shape index (κ3) is 3.12. The highest BCUT2D eigenvalue weighted by molar-refractivity contribution is 5.88. The van der Waals surface area contributed by atoms with Crippen molar-refractivity contribution in [1.82, 2.24) is 0 Å². The molecule has 1 rings (SSSR count). The van der Waals surface area contributed by atoms with E-state index in [0.717, 1.165) is 18.4 Å². The lowest BCUT2D eigenvalue weighted by atomic mass is 10.1. The number of aromatic hydroxyl groups is 1. The van der Waals surface area contributed by atoms with Crippen LogP contribution in [0, 0.1) is 0 Å². The summed E-state index contributed by atoms with van der Waals surface area (Å²) in [5.41, 5.74) is 1.19. The molecule has 0 saturated heterocycles. The van der Waals surface area contributed by atoms with Gasteiger partial charge >= 0.3 is 5.97 Å². The quantitative estimate of drug-likeness (QED) is 0.482. The summed E-state index contributed by atoms with van der Waals surface area (Å²) in [6.45, 7) is 7.14. The summed E-state index contributed by atoms with van der Waals surface area (Å²) in [5, 5.41) is 9.35. The van der Waals surface area contributed by atoms with Gasteiger partial charge in [-0.2, -0.15) is 0 Å². The summed E-state index contributed by atoms with van der Waals surface area (Å²) in [5.74, 6) is 0.231. The standard InChI is InChI=1S/C13H16O3/c1-4-5-10-8-11(14)6-7-12(10)16-13(15)9(2)3/h6-8,14H,2,4-5H2,1,3H3. The molecule has 0 amide bonds. The first-order valence-electron chi connectivity index (χ1n) is 5.24. The fourth-order valence-electron chi connectivity index (χ4n) is 1.32. The first-order valence-corrected chi connectivity index (χ1v) is 5.24. The molecular formula is C13H16O3. The molecule has 0 aromatic heterocycles. The third-order valence-electron chi connectivity index (χ3n) is 2.11. The molecular weight excluding hydrogens is 204 g/mol. The van der Waals surface area contributed by atoms with Crippen LogP contribution >= 0.6 is 0 Å². The second-order valence-electron chi connectivity index (χ2n) is 3.71. The van der Waals surface area contributed by atoms with Gasteiger partial charge in [0.05, 0.1) is 0 Å². The number of phenolic OH excluding ortho intramolecular Hbond substituents is 1. The molecule has 1 N–H and O–H groups in total. The average molecular weight is 220 g/mol. The van der Waals surface area contributed by atoms with Crippen LogP contribution in [0.4, 0.5) is 0 Å². The summed E-state index contributed by atoms with van der Waals surface area (Å²) in [6.07, 6.45) is 1.67. The molecule has 0 spiro atoms. The second kappa shape index (κ2) is 5.35. The van der Waals surface area contributed by atoms with Crippen molar-refractivity contribution in [3.63, 3.8) is 0 Å². The second-order valence-corrected chi connectivity index (χ2v) is 3.71. The van der Waals surface area contributed by atoms with E-state index in [9.17, 15) is 9.90 Å². The van der Waals surface area contributed by atoms with E-state index in [1.165, 1.54) is 6.07 Å². The Balaban J connectivity index is 2.94. The molecule has 0 heterocycles. The third-order valence-corrected chi connectivity index (χ3v) is 2.11. The number of aryl methyl sites for hydroxylation is 1. The van der Waals surface area contributed by atoms with Gasteiger partial charge in [-0.1, -0.05) is 19.9 Å². The normalized spacial score (nSPS) is 9.88. The Morgan fingerprint density at radius 2 is 2.19 bits per heavy atom. The van der Waals surface area contributed by atoms with Crippen LogP contribution in [-0.4, -0.2) is 11.1 Å². The van der Waals surface area contributed by atoms with Gasteiger partial charge in [-0.15, -0.1) is 0 Å². The molecule has 0 atom stereocenters. The zero-order chi connectivity index (χ0) is 12.1. The molecule has 0 unspecified atom stereocenters. The number of benzene rings is 1. The van der Waals surface area contributed by atoms with Crippen molar-refractivity contribution in [1.29, 1.82) is 0 Å². The van der Waals surface area contributed by atoms with Gasteiger partial charge in [0.1, 0.15) is 11.5 Å². The summed E-state index contributed by atoms with van der Waals surface area (Å²) >= 11 is 0. The van der Waals surface area contributed by atoms with E-state index in [1.54, 1.807) is 19.1 Å². The van der Waals surface area contributed by atoms with E-state index in [4.69, 9.17) is 4.74 Å². The van der Waals surface area contributed by atoms with E-state index in [2.05, 4.69) is 6.58 Å². The molecule has 0 saturated carbocycles. The highest BCUT2D eigenvalue weighted by atomic mass is 16.5. The van der Waals surface area contributed by atoms with E-state index >= 15 is 0 Å². The van der Waals surface area contributed by atoms with Gasteiger partial charge in [0.2, 0.25) is 0 Å². The zero-order valence-corrected chi connectivity index (χ0v) is 9.62. The minimum absolute atomic E-state index is 0.179. The minimum atomic E-state index is -0.442. The molecule has 1 aromatic carbocycles. The van der Waals surface area contributed by atoms with Crippen molar-refractivity contribution in [2.45, 2.75) is 26.7 Å². The number of rotatable bonds is 4. The number of hydrogen-bond acceptors (Lipinski definition) is 3. The van der Waals surface area contributed by atoms with Crippen molar-refractivity contribution >= 4 is 5.97 Å². The first kappa shape index (κ1) is 12.3. The Kier molecular flexibility index (Phi) is 4.11. The predicted octanol–water partition coefficient (Wildman–Crippen LogP) is 2.83. The van der Waals surface area contributed by atoms with E-state index in [1.807, 2.05) is 6.92 Å². The van der Waals surface area contributed by atoms with Crippen LogP contribution in [0.1, 0.15) is 25.8 Å². The van der Waals surface area contributed by atoms with E-state index < -0.39 is 5.97 Å². The Morgan fingerprint density at radius 3 is 2.75 bits per heavy atom. The van der Waals surface area contributed by atoms with E-state index in [0.29, 0.717) is 11.3 Å². The van der Waals surface area contributed by atoms with Crippen LogP contribution in [0.25, 0.3) is 0 Å². The van der Waals surface area contributed by atoms with Crippen LogP contribution in [0.3, 0.4) is 0 Å². The summed E-state index contributed by atoms with van der Waals surface area (Å²) in [7, 11) is 0. The number of ether oxygens (including phenoxy) is 1. The molecule has 0 aliphatic rings. The van der Waals surface area contributed by atoms with Crippen molar-refractivity contribution in [2.75, 3.05) is 0 Å². The van der Waals surface area contributed by atoms with Crippen molar-refractivity contribution in [3.8, 4) is 11.5 Å². The fourth-order valence-corrected chi connectivity index (χ4v) is 1.32. The lowest BCUT2D eigenvalue weighted by Crippen LogP contribution is -2.09.